The maximum absolute atomic E-state index is 12.6. The minimum atomic E-state index is -3.88. The van der Waals surface area contributed by atoms with Crippen LogP contribution < -0.4 is 0 Å². The van der Waals surface area contributed by atoms with E-state index < -0.39 is 20.0 Å². The molecule has 0 N–H and O–H groups in total. The predicted molar refractivity (Wildman–Crippen MR) is 114 cm³/mol. The fourth-order valence-corrected chi connectivity index (χ4v) is 4.75. The number of sulfonamides is 2. The smallest absolute Gasteiger partial charge is 0.123 e. The average molecular weight is 429 g/mol. The maximum atomic E-state index is 12.6. The van der Waals surface area contributed by atoms with Gasteiger partial charge in [0.05, 0.1) is 9.79 Å². The number of hydrogen-bond acceptors (Lipinski definition) is 4. The Bertz CT molecular complexity index is 1240. The first kappa shape index (κ1) is 20.9. The fraction of sp³-hybridized carbons (Fsp3) is 0.143. The quantitative estimate of drug-likeness (QED) is 0.525. The summed E-state index contributed by atoms with van der Waals surface area (Å²) in [4.78, 5) is 0.188. The number of aryl methyl sites for hydroxylation is 3. The molecule has 0 atom stereocenters. The van der Waals surface area contributed by atoms with Crippen LogP contribution in [0.4, 0.5) is 11.4 Å². The van der Waals surface area contributed by atoms with Crippen molar-refractivity contribution in [1.29, 1.82) is 0 Å². The van der Waals surface area contributed by atoms with Crippen LogP contribution in [-0.4, -0.2) is 16.8 Å². The second kappa shape index (κ2) is 7.88. The van der Waals surface area contributed by atoms with E-state index in [2.05, 4.69) is 9.44 Å². The highest BCUT2D eigenvalue weighted by atomic mass is 32.2. The second-order valence-corrected chi connectivity index (χ2v) is 9.89. The molecule has 0 aliphatic carbocycles. The molecule has 3 aromatic rings. The van der Waals surface area contributed by atoms with Gasteiger partial charge in [-0.15, -0.1) is 11.4 Å². The van der Waals surface area contributed by atoms with E-state index in [0.29, 0.717) is 11.1 Å². The van der Waals surface area contributed by atoms with Gasteiger partial charge >= 0.3 is 0 Å². The van der Waals surface area contributed by atoms with Crippen LogP contribution in [-0.2, 0) is 20.0 Å². The molecule has 0 aliphatic rings. The van der Waals surface area contributed by atoms with Gasteiger partial charge in [-0.05, 0) is 45.0 Å². The summed E-state index contributed by atoms with van der Waals surface area (Å²) in [6.45, 7) is 5.19. The van der Waals surface area contributed by atoms with Gasteiger partial charge in [0.15, 0.2) is 0 Å². The molecule has 0 bridgehead atoms. The lowest BCUT2D eigenvalue weighted by Gasteiger charge is -2.30. The van der Waals surface area contributed by atoms with Gasteiger partial charge in [-0.1, -0.05) is 59.2 Å². The zero-order chi connectivity index (χ0) is 21.2. The third kappa shape index (κ3) is 4.78. The van der Waals surface area contributed by atoms with Crippen molar-refractivity contribution in [2.75, 3.05) is 0 Å². The number of rotatable bonds is 6. The molecule has 3 rings (SSSR count). The van der Waals surface area contributed by atoms with Crippen molar-refractivity contribution in [2.45, 2.75) is 30.6 Å². The highest BCUT2D eigenvalue weighted by Gasteiger charge is 2.08. The van der Waals surface area contributed by atoms with Gasteiger partial charge in [-0.2, -0.15) is 0 Å². The minimum Gasteiger partial charge on any atom is -0.572 e. The number of hydrogen-bond donors (Lipinski definition) is 0. The Morgan fingerprint density at radius 1 is 0.586 bits per heavy atom. The van der Waals surface area contributed by atoms with Crippen LogP contribution >= 0.6 is 0 Å². The predicted octanol–water partition coefficient (Wildman–Crippen LogP) is 5.40. The second-order valence-electron chi connectivity index (χ2n) is 6.68. The van der Waals surface area contributed by atoms with Gasteiger partial charge in [0.25, 0.3) is 0 Å². The first-order valence-electron chi connectivity index (χ1n) is 8.77. The maximum Gasteiger partial charge on any atom is 0.123 e. The molecule has 6 nitrogen and oxygen atoms in total. The Labute approximate surface area is 171 Å². The van der Waals surface area contributed by atoms with Crippen LogP contribution in [0, 0.1) is 20.8 Å². The van der Waals surface area contributed by atoms with E-state index in [1.165, 1.54) is 36.4 Å². The monoisotopic (exact) mass is 428 g/mol. The van der Waals surface area contributed by atoms with E-state index in [1.54, 1.807) is 44.2 Å². The minimum absolute atomic E-state index is 0.0905. The number of benzene rings is 3. The Morgan fingerprint density at radius 3 is 1.45 bits per heavy atom. The van der Waals surface area contributed by atoms with Crippen LogP contribution in [0.5, 0.6) is 0 Å². The summed E-state index contributed by atoms with van der Waals surface area (Å²) in [5, 5.41) is 0. The summed E-state index contributed by atoms with van der Waals surface area (Å²) in [6.07, 6.45) is 0. The molecule has 0 saturated heterocycles. The van der Waals surface area contributed by atoms with Gasteiger partial charge in [-0.3, -0.25) is 0 Å². The van der Waals surface area contributed by atoms with Gasteiger partial charge in [0.1, 0.15) is 20.0 Å². The molecule has 0 saturated carbocycles. The standard InChI is InChI=1S/C21H20N2O4S2/c1-15-9-11-19(12-10-15)29(26,27)23-21-14-16(2)20(13-17(21)3)22-28(24,25)18-7-5-4-6-8-18/h4-14H,1-3H3/q-2. The van der Waals surface area contributed by atoms with Crippen molar-refractivity contribution >= 4 is 31.4 Å². The molecular formula is C21H20N2O4S2-2. The first-order valence-corrected chi connectivity index (χ1v) is 11.7. The van der Waals surface area contributed by atoms with Crippen LogP contribution in [0.3, 0.4) is 0 Å². The summed E-state index contributed by atoms with van der Waals surface area (Å²) in [5.41, 5.74) is 2.46. The molecule has 29 heavy (non-hydrogen) atoms. The number of nitrogens with zero attached hydrogens (tertiary/aromatic N) is 2. The lowest BCUT2D eigenvalue weighted by molar-refractivity contribution is 0.601. The van der Waals surface area contributed by atoms with Crippen molar-refractivity contribution < 1.29 is 16.8 Å². The lowest BCUT2D eigenvalue weighted by atomic mass is 10.1. The molecule has 3 aromatic carbocycles. The van der Waals surface area contributed by atoms with Gasteiger partial charge in [0, 0.05) is 0 Å². The summed E-state index contributed by atoms with van der Waals surface area (Å²) in [5.74, 6) is 0. The Hall–Kier alpha value is -2.84. The van der Waals surface area contributed by atoms with Crippen molar-refractivity contribution in [2.24, 2.45) is 0 Å². The lowest BCUT2D eigenvalue weighted by Crippen LogP contribution is -2.00. The highest BCUT2D eigenvalue weighted by molar-refractivity contribution is 7.94. The molecule has 0 heterocycles. The van der Waals surface area contributed by atoms with E-state index in [9.17, 15) is 16.8 Å². The van der Waals surface area contributed by atoms with Crippen LogP contribution in [0.1, 0.15) is 16.7 Å². The molecule has 0 fully saturated rings. The topological polar surface area (TPSA) is 96.5 Å². The molecule has 0 unspecified atom stereocenters. The molecule has 0 spiro atoms. The van der Waals surface area contributed by atoms with E-state index in [0.717, 1.165) is 5.56 Å². The van der Waals surface area contributed by atoms with Crippen molar-refractivity contribution in [1.82, 2.24) is 0 Å². The molecule has 152 valence electrons. The zero-order valence-corrected chi connectivity index (χ0v) is 17.8. The van der Waals surface area contributed by atoms with E-state index in [1.807, 2.05) is 6.92 Å². The third-order valence-corrected chi connectivity index (χ3v) is 6.92. The summed E-state index contributed by atoms with van der Waals surface area (Å²) < 4.78 is 58.0. The molecule has 0 aliphatic heterocycles. The zero-order valence-electron chi connectivity index (χ0n) is 16.2. The molecule has 0 aromatic heterocycles. The van der Waals surface area contributed by atoms with Crippen LogP contribution in [0.2, 0.25) is 0 Å². The Kier molecular flexibility index (Phi) is 5.68. The highest BCUT2D eigenvalue weighted by Crippen LogP contribution is 2.38. The van der Waals surface area contributed by atoms with Crippen molar-refractivity contribution in [3.05, 3.63) is 92.9 Å². The summed E-state index contributed by atoms with van der Waals surface area (Å²) >= 11 is 0. The van der Waals surface area contributed by atoms with E-state index in [-0.39, 0.29) is 21.2 Å². The van der Waals surface area contributed by atoms with Crippen LogP contribution in [0.25, 0.3) is 9.44 Å². The van der Waals surface area contributed by atoms with Crippen molar-refractivity contribution in [3.63, 3.8) is 0 Å². The molecule has 0 radical (unpaired) electrons. The van der Waals surface area contributed by atoms with Gasteiger partial charge in [-0.25, -0.2) is 16.8 Å². The normalized spacial score (nSPS) is 11.8. The molecule has 0 amide bonds. The van der Waals surface area contributed by atoms with Crippen molar-refractivity contribution in [3.8, 4) is 0 Å². The Morgan fingerprint density at radius 2 is 1.00 bits per heavy atom. The summed E-state index contributed by atoms with van der Waals surface area (Å²) in [6, 6.07) is 17.4. The van der Waals surface area contributed by atoms with E-state index >= 15 is 0 Å². The molecular weight excluding hydrogens is 408 g/mol. The SMILES string of the molecule is Cc1ccc(S(=O)(=O)[N-]c2cc(C)c([N-]S(=O)(=O)c3ccccc3)cc2C)cc1. The largest absolute Gasteiger partial charge is 0.572 e. The third-order valence-electron chi connectivity index (χ3n) is 4.31. The van der Waals surface area contributed by atoms with Gasteiger partial charge in [0.2, 0.25) is 0 Å². The Balaban J connectivity index is 1.89. The van der Waals surface area contributed by atoms with Gasteiger partial charge < -0.3 is 9.44 Å². The summed E-state index contributed by atoms with van der Waals surface area (Å²) in [7, 11) is -7.76. The fourth-order valence-electron chi connectivity index (χ4n) is 2.65. The molecule has 8 heteroatoms. The van der Waals surface area contributed by atoms with Crippen LogP contribution in [0.15, 0.2) is 76.5 Å². The first-order chi connectivity index (χ1) is 13.6. The average Bonchev–Trinajstić information content (AvgIpc) is 2.66. The van der Waals surface area contributed by atoms with E-state index in [4.69, 9.17) is 0 Å².